The number of benzene rings is 1. The fraction of sp³-hybridized carbons (Fsp3) is 0.462. The summed E-state index contributed by atoms with van der Waals surface area (Å²) in [6, 6.07) is 5.54. The Bertz CT molecular complexity index is 472. The lowest BCUT2D eigenvalue weighted by molar-refractivity contribution is -0.384. The molecule has 0 bridgehead atoms. The Labute approximate surface area is 110 Å². The molecule has 0 spiro atoms. The molecule has 0 radical (unpaired) electrons. The van der Waals surface area contributed by atoms with Crippen LogP contribution in [0.5, 0.6) is 0 Å². The molecular weight excluding hydrogens is 248 g/mol. The minimum atomic E-state index is -0.833. The number of carboxylic acid groups (broad SMARTS) is 1. The van der Waals surface area contributed by atoms with E-state index >= 15 is 0 Å². The molecule has 2 rings (SSSR count). The molecule has 1 N–H and O–H groups in total. The van der Waals surface area contributed by atoms with E-state index in [0.717, 1.165) is 24.9 Å². The second-order valence-electron chi connectivity index (χ2n) is 4.67. The molecule has 1 atom stereocenters. The summed E-state index contributed by atoms with van der Waals surface area (Å²) in [5, 5.41) is 19.9. The van der Waals surface area contributed by atoms with Gasteiger partial charge in [0.2, 0.25) is 0 Å². The maximum atomic E-state index is 11.3. The highest BCUT2D eigenvalue weighted by Gasteiger charge is 2.27. The van der Waals surface area contributed by atoms with Crippen LogP contribution in [0, 0.1) is 10.1 Å². The Kier molecular flexibility index (Phi) is 3.99. The van der Waals surface area contributed by atoms with Crippen molar-refractivity contribution in [2.24, 2.45) is 0 Å². The summed E-state index contributed by atoms with van der Waals surface area (Å²) >= 11 is 0. The molecule has 6 heteroatoms. The lowest BCUT2D eigenvalue weighted by atomic mass is 10.1. The van der Waals surface area contributed by atoms with Gasteiger partial charge in [0.1, 0.15) is 6.04 Å². The predicted octanol–water partition coefficient (Wildman–Crippen LogP) is 2.43. The van der Waals surface area contributed by atoms with Crippen LogP contribution in [-0.4, -0.2) is 28.6 Å². The number of nitro groups is 1. The highest BCUT2D eigenvalue weighted by atomic mass is 16.6. The molecule has 1 aromatic rings. The van der Waals surface area contributed by atoms with Crippen molar-refractivity contribution in [3.8, 4) is 0 Å². The molecule has 1 saturated heterocycles. The zero-order valence-electron chi connectivity index (χ0n) is 10.5. The average Bonchev–Trinajstić information content (AvgIpc) is 2.64. The topological polar surface area (TPSA) is 83.7 Å². The molecule has 1 unspecified atom stereocenters. The summed E-state index contributed by atoms with van der Waals surface area (Å²) < 4.78 is 0. The smallest absolute Gasteiger partial charge is 0.326 e. The van der Waals surface area contributed by atoms with Gasteiger partial charge in [0.25, 0.3) is 5.69 Å². The van der Waals surface area contributed by atoms with Crippen LogP contribution in [0.4, 0.5) is 11.4 Å². The van der Waals surface area contributed by atoms with E-state index in [9.17, 15) is 20.0 Å². The van der Waals surface area contributed by atoms with Crippen molar-refractivity contribution in [3.63, 3.8) is 0 Å². The molecule has 1 aliphatic heterocycles. The Morgan fingerprint density at radius 1 is 1.26 bits per heavy atom. The molecule has 1 fully saturated rings. The normalized spacial score (nSPS) is 19.8. The maximum absolute atomic E-state index is 11.3. The van der Waals surface area contributed by atoms with Gasteiger partial charge >= 0.3 is 5.97 Å². The molecule has 0 aromatic heterocycles. The van der Waals surface area contributed by atoms with E-state index in [2.05, 4.69) is 0 Å². The van der Waals surface area contributed by atoms with Crippen molar-refractivity contribution >= 4 is 17.3 Å². The number of carbonyl (C=O) groups is 1. The maximum Gasteiger partial charge on any atom is 0.326 e. The summed E-state index contributed by atoms with van der Waals surface area (Å²) in [5.74, 6) is -0.833. The van der Waals surface area contributed by atoms with Crippen molar-refractivity contribution in [2.45, 2.75) is 31.7 Å². The van der Waals surface area contributed by atoms with Crippen LogP contribution >= 0.6 is 0 Å². The fourth-order valence-corrected chi connectivity index (χ4v) is 2.44. The summed E-state index contributed by atoms with van der Waals surface area (Å²) in [4.78, 5) is 23.3. The quantitative estimate of drug-likeness (QED) is 0.669. The van der Waals surface area contributed by atoms with E-state index in [-0.39, 0.29) is 5.69 Å². The largest absolute Gasteiger partial charge is 0.480 e. The average molecular weight is 264 g/mol. The molecule has 0 saturated carbocycles. The van der Waals surface area contributed by atoms with Gasteiger partial charge in [0.05, 0.1) is 4.92 Å². The van der Waals surface area contributed by atoms with Gasteiger partial charge in [-0.25, -0.2) is 4.79 Å². The van der Waals surface area contributed by atoms with E-state index in [0.29, 0.717) is 13.0 Å². The van der Waals surface area contributed by atoms with E-state index in [1.54, 1.807) is 12.1 Å². The van der Waals surface area contributed by atoms with Gasteiger partial charge in [0.15, 0.2) is 0 Å². The molecule has 0 amide bonds. The second kappa shape index (κ2) is 5.69. The van der Waals surface area contributed by atoms with Crippen molar-refractivity contribution in [2.75, 3.05) is 11.4 Å². The molecule has 1 aromatic carbocycles. The van der Waals surface area contributed by atoms with Crippen molar-refractivity contribution < 1.29 is 14.8 Å². The Hall–Kier alpha value is -2.11. The van der Waals surface area contributed by atoms with Crippen molar-refractivity contribution in [1.82, 2.24) is 0 Å². The molecule has 1 aliphatic rings. The van der Waals surface area contributed by atoms with Gasteiger partial charge in [-0.3, -0.25) is 10.1 Å². The number of nitro benzene ring substituents is 1. The highest BCUT2D eigenvalue weighted by molar-refractivity contribution is 5.78. The number of rotatable bonds is 3. The van der Waals surface area contributed by atoms with Crippen molar-refractivity contribution in [1.29, 1.82) is 0 Å². The Morgan fingerprint density at radius 3 is 2.53 bits per heavy atom. The summed E-state index contributed by atoms with van der Waals surface area (Å²) in [7, 11) is 0. The van der Waals surface area contributed by atoms with Crippen LogP contribution in [-0.2, 0) is 4.79 Å². The molecular formula is C13H16N2O4. The number of aliphatic carboxylic acids is 1. The molecule has 19 heavy (non-hydrogen) atoms. The second-order valence-corrected chi connectivity index (χ2v) is 4.67. The third-order valence-corrected chi connectivity index (χ3v) is 3.43. The zero-order valence-corrected chi connectivity index (χ0v) is 10.5. The van der Waals surface area contributed by atoms with Gasteiger partial charge in [-0.05, 0) is 25.0 Å². The number of hydrogen-bond donors (Lipinski definition) is 1. The third-order valence-electron chi connectivity index (χ3n) is 3.43. The Morgan fingerprint density at radius 2 is 1.95 bits per heavy atom. The monoisotopic (exact) mass is 264 g/mol. The van der Waals surface area contributed by atoms with Gasteiger partial charge in [-0.1, -0.05) is 12.8 Å². The van der Waals surface area contributed by atoms with Crippen molar-refractivity contribution in [3.05, 3.63) is 34.4 Å². The minimum Gasteiger partial charge on any atom is -0.480 e. The number of non-ortho nitro benzene ring substituents is 1. The number of carboxylic acids is 1. The number of hydrogen-bond acceptors (Lipinski definition) is 4. The molecule has 0 aliphatic carbocycles. The van der Waals surface area contributed by atoms with Gasteiger partial charge in [-0.15, -0.1) is 0 Å². The van der Waals surface area contributed by atoms with Crippen LogP contribution in [0.1, 0.15) is 25.7 Å². The van der Waals surface area contributed by atoms with Gasteiger partial charge < -0.3 is 10.0 Å². The predicted molar refractivity (Wildman–Crippen MR) is 70.3 cm³/mol. The number of anilines is 1. The first kappa shape index (κ1) is 13.3. The van der Waals surface area contributed by atoms with E-state index in [1.807, 2.05) is 4.90 Å². The first-order valence-electron chi connectivity index (χ1n) is 6.33. The van der Waals surface area contributed by atoms with Crippen LogP contribution < -0.4 is 4.90 Å². The zero-order chi connectivity index (χ0) is 13.8. The Balaban J connectivity index is 2.25. The van der Waals surface area contributed by atoms with E-state index in [4.69, 9.17) is 0 Å². The first-order valence-corrected chi connectivity index (χ1v) is 6.33. The van der Waals surface area contributed by atoms with Crippen LogP contribution in [0.3, 0.4) is 0 Å². The number of nitrogens with zero attached hydrogens (tertiary/aromatic N) is 2. The highest BCUT2D eigenvalue weighted by Crippen LogP contribution is 2.26. The minimum absolute atomic E-state index is 0.0189. The standard InChI is InChI=1S/C13H16N2O4/c16-13(17)12-4-2-1-3-9-14(12)10-5-7-11(8-6-10)15(18)19/h5-8,12H,1-4,9H2,(H,16,17). The van der Waals surface area contributed by atoms with Crippen LogP contribution in [0.15, 0.2) is 24.3 Å². The molecule has 102 valence electrons. The summed E-state index contributed by atoms with van der Waals surface area (Å²) in [6.45, 7) is 0.675. The van der Waals surface area contributed by atoms with Gasteiger partial charge in [0, 0.05) is 24.4 Å². The lowest BCUT2D eigenvalue weighted by Gasteiger charge is -2.28. The molecule has 6 nitrogen and oxygen atoms in total. The molecule has 1 heterocycles. The van der Waals surface area contributed by atoms with Crippen LogP contribution in [0.25, 0.3) is 0 Å². The SMILES string of the molecule is O=C(O)C1CCCCCN1c1ccc([N+](=O)[O-])cc1. The van der Waals surface area contributed by atoms with Crippen LogP contribution in [0.2, 0.25) is 0 Å². The van der Waals surface area contributed by atoms with E-state index in [1.165, 1.54) is 12.1 Å². The fourth-order valence-electron chi connectivity index (χ4n) is 2.44. The lowest BCUT2D eigenvalue weighted by Crippen LogP contribution is -2.40. The first-order chi connectivity index (χ1) is 9.09. The summed E-state index contributed by atoms with van der Waals surface area (Å²) in [6.07, 6.45) is 3.49. The summed E-state index contributed by atoms with van der Waals surface area (Å²) in [5.41, 5.74) is 0.755. The third kappa shape index (κ3) is 3.01. The van der Waals surface area contributed by atoms with Gasteiger partial charge in [-0.2, -0.15) is 0 Å². The van der Waals surface area contributed by atoms with E-state index < -0.39 is 16.9 Å².